The van der Waals surface area contributed by atoms with E-state index < -0.39 is 5.97 Å². The van der Waals surface area contributed by atoms with Gasteiger partial charge in [-0.05, 0) is 30.5 Å². The Morgan fingerprint density at radius 2 is 2.11 bits per heavy atom. The molecular weight excluding hydrogens is 226 g/mol. The van der Waals surface area contributed by atoms with E-state index in [-0.39, 0.29) is 11.8 Å². The Labute approximate surface area is 105 Å². The van der Waals surface area contributed by atoms with Crippen LogP contribution < -0.4 is 0 Å². The molecule has 1 fully saturated rings. The van der Waals surface area contributed by atoms with Crippen molar-refractivity contribution in [2.45, 2.75) is 31.1 Å². The van der Waals surface area contributed by atoms with Crippen molar-refractivity contribution in [1.82, 2.24) is 4.98 Å². The highest BCUT2D eigenvalue weighted by Gasteiger charge is 2.40. The van der Waals surface area contributed by atoms with Gasteiger partial charge in [0.1, 0.15) is 0 Å². The second-order valence-electron chi connectivity index (χ2n) is 5.12. The summed E-state index contributed by atoms with van der Waals surface area (Å²) in [5.41, 5.74) is 1.86. The van der Waals surface area contributed by atoms with Gasteiger partial charge in [0.15, 0.2) is 0 Å². The van der Waals surface area contributed by atoms with Crippen molar-refractivity contribution in [2.24, 2.45) is 0 Å². The number of aliphatic carboxylic acids is 1. The zero-order valence-electron chi connectivity index (χ0n) is 10.1. The predicted molar refractivity (Wildman–Crippen MR) is 69.5 cm³/mol. The van der Waals surface area contributed by atoms with Gasteiger partial charge in [-0.1, -0.05) is 24.6 Å². The van der Waals surface area contributed by atoms with Crippen LogP contribution in [0, 0.1) is 0 Å². The molecule has 0 spiro atoms. The molecular formula is C15H15NO2. The molecule has 0 amide bonds. The van der Waals surface area contributed by atoms with Crippen LogP contribution in [0.3, 0.4) is 0 Å². The molecule has 0 bridgehead atoms. The number of benzene rings is 1. The van der Waals surface area contributed by atoms with Crippen LogP contribution in [0.4, 0.5) is 0 Å². The van der Waals surface area contributed by atoms with Crippen LogP contribution in [-0.4, -0.2) is 16.1 Å². The number of pyridine rings is 1. The van der Waals surface area contributed by atoms with E-state index in [9.17, 15) is 4.79 Å². The van der Waals surface area contributed by atoms with Crippen molar-refractivity contribution >= 4 is 16.9 Å². The van der Waals surface area contributed by atoms with Crippen molar-refractivity contribution in [3.05, 3.63) is 42.1 Å². The molecule has 1 saturated carbocycles. The first-order valence-corrected chi connectivity index (χ1v) is 6.27. The summed E-state index contributed by atoms with van der Waals surface area (Å²) in [6, 6.07) is 10.1. The van der Waals surface area contributed by atoms with Gasteiger partial charge in [-0.15, -0.1) is 0 Å². The van der Waals surface area contributed by atoms with Crippen LogP contribution >= 0.6 is 0 Å². The molecule has 1 aliphatic rings. The molecule has 0 atom stereocenters. The largest absolute Gasteiger partial charge is 0.481 e. The third-order valence-corrected chi connectivity index (χ3v) is 4.00. The summed E-state index contributed by atoms with van der Waals surface area (Å²) in [4.78, 5) is 15.5. The molecule has 18 heavy (non-hydrogen) atoms. The smallest absolute Gasteiger partial charge is 0.304 e. The lowest BCUT2D eigenvalue weighted by atomic mass is 9.63. The summed E-state index contributed by atoms with van der Waals surface area (Å²) < 4.78 is 0. The van der Waals surface area contributed by atoms with Gasteiger partial charge in [-0.25, -0.2) is 0 Å². The molecule has 3 rings (SSSR count). The highest BCUT2D eigenvalue weighted by Crippen LogP contribution is 2.46. The van der Waals surface area contributed by atoms with Crippen LogP contribution in [0.15, 0.2) is 36.5 Å². The van der Waals surface area contributed by atoms with Gasteiger partial charge in [0.2, 0.25) is 0 Å². The first-order chi connectivity index (χ1) is 8.70. The molecule has 1 aromatic carbocycles. The highest BCUT2D eigenvalue weighted by molar-refractivity contribution is 5.79. The Morgan fingerprint density at radius 3 is 2.78 bits per heavy atom. The fourth-order valence-corrected chi connectivity index (χ4v) is 2.82. The molecule has 1 heterocycles. The van der Waals surface area contributed by atoms with Crippen LogP contribution in [0.1, 0.15) is 31.2 Å². The minimum atomic E-state index is -0.720. The van der Waals surface area contributed by atoms with E-state index in [1.54, 1.807) is 0 Å². The van der Waals surface area contributed by atoms with Gasteiger partial charge >= 0.3 is 5.97 Å². The summed E-state index contributed by atoms with van der Waals surface area (Å²) in [6.45, 7) is 0. The van der Waals surface area contributed by atoms with Gasteiger partial charge < -0.3 is 5.11 Å². The third-order valence-electron chi connectivity index (χ3n) is 4.00. The first kappa shape index (κ1) is 11.2. The lowest BCUT2D eigenvalue weighted by Gasteiger charge is -2.41. The summed E-state index contributed by atoms with van der Waals surface area (Å²) in [6.07, 6.45) is 5.09. The topological polar surface area (TPSA) is 50.2 Å². The average molecular weight is 241 g/mol. The lowest BCUT2D eigenvalue weighted by Crippen LogP contribution is -2.36. The molecule has 1 aliphatic carbocycles. The number of hydrogen-bond acceptors (Lipinski definition) is 2. The second kappa shape index (κ2) is 4.09. The number of fused-ring (bicyclic) bond motifs is 1. The summed E-state index contributed by atoms with van der Waals surface area (Å²) in [5.74, 6) is -0.720. The zero-order chi connectivity index (χ0) is 12.6. The number of para-hydroxylation sites is 1. The Morgan fingerprint density at radius 1 is 1.33 bits per heavy atom. The number of rotatable bonds is 3. The predicted octanol–water partition coefficient (Wildman–Crippen LogP) is 3.13. The van der Waals surface area contributed by atoms with Gasteiger partial charge in [0, 0.05) is 17.0 Å². The number of hydrogen-bond donors (Lipinski definition) is 1. The van der Waals surface area contributed by atoms with Crippen molar-refractivity contribution in [3.63, 3.8) is 0 Å². The van der Waals surface area contributed by atoms with E-state index in [0.717, 1.165) is 35.7 Å². The van der Waals surface area contributed by atoms with E-state index in [1.165, 1.54) is 0 Å². The maximum Gasteiger partial charge on any atom is 0.304 e. The molecule has 2 aromatic rings. The van der Waals surface area contributed by atoms with E-state index in [0.29, 0.717) is 0 Å². The Bertz CT molecular complexity index is 602. The molecule has 0 saturated heterocycles. The van der Waals surface area contributed by atoms with Crippen LogP contribution in [0.2, 0.25) is 0 Å². The number of nitrogens with zero attached hydrogens (tertiary/aromatic N) is 1. The molecule has 1 aromatic heterocycles. The van der Waals surface area contributed by atoms with Gasteiger partial charge in [0.25, 0.3) is 0 Å². The molecule has 3 heteroatoms. The monoisotopic (exact) mass is 241 g/mol. The third kappa shape index (κ3) is 1.76. The Kier molecular flexibility index (Phi) is 2.54. The number of carbonyl (C=O) groups is 1. The first-order valence-electron chi connectivity index (χ1n) is 6.27. The zero-order valence-corrected chi connectivity index (χ0v) is 10.1. The van der Waals surface area contributed by atoms with Crippen molar-refractivity contribution in [3.8, 4) is 0 Å². The molecule has 92 valence electrons. The Balaban J connectivity index is 2.04. The average Bonchev–Trinajstić information content (AvgIpc) is 2.33. The minimum absolute atomic E-state index is 0.178. The molecule has 0 radical (unpaired) electrons. The van der Waals surface area contributed by atoms with E-state index in [2.05, 4.69) is 11.1 Å². The lowest BCUT2D eigenvalue weighted by molar-refractivity contribution is -0.139. The quantitative estimate of drug-likeness (QED) is 0.898. The number of carboxylic acids is 1. The van der Waals surface area contributed by atoms with Crippen LogP contribution in [-0.2, 0) is 10.2 Å². The number of aromatic nitrogens is 1. The van der Waals surface area contributed by atoms with Gasteiger partial charge in [-0.3, -0.25) is 9.78 Å². The molecule has 1 N–H and O–H groups in total. The second-order valence-corrected chi connectivity index (χ2v) is 5.12. The molecule has 0 unspecified atom stereocenters. The van der Waals surface area contributed by atoms with Crippen molar-refractivity contribution in [1.29, 1.82) is 0 Å². The maximum atomic E-state index is 11.0. The summed E-state index contributed by atoms with van der Waals surface area (Å²) >= 11 is 0. The van der Waals surface area contributed by atoms with Gasteiger partial charge in [0.05, 0.1) is 11.9 Å². The van der Waals surface area contributed by atoms with Crippen LogP contribution in [0.5, 0.6) is 0 Å². The highest BCUT2D eigenvalue weighted by atomic mass is 16.4. The number of carboxylic acid groups (broad SMARTS) is 1. The van der Waals surface area contributed by atoms with E-state index in [1.807, 2.05) is 30.5 Å². The summed E-state index contributed by atoms with van der Waals surface area (Å²) in [7, 11) is 0. The van der Waals surface area contributed by atoms with E-state index >= 15 is 0 Å². The van der Waals surface area contributed by atoms with Crippen molar-refractivity contribution < 1.29 is 9.90 Å². The SMILES string of the molecule is O=C(O)CC1(c2cnc3ccccc3c2)CCC1. The molecule has 0 aliphatic heterocycles. The fraction of sp³-hybridized carbons (Fsp3) is 0.333. The normalized spacial score (nSPS) is 17.3. The maximum absolute atomic E-state index is 11.0. The minimum Gasteiger partial charge on any atom is -0.481 e. The van der Waals surface area contributed by atoms with Crippen molar-refractivity contribution in [2.75, 3.05) is 0 Å². The Hall–Kier alpha value is -1.90. The van der Waals surface area contributed by atoms with E-state index in [4.69, 9.17) is 5.11 Å². The summed E-state index contributed by atoms with van der Waals surface area (Å²) in [5, 5.41) is 10.2. The van der Waals surface area contributed by atoms with Crippen LogP contribution in [0.25, 0.3) is 10.9 Å². The van der Waals surface area contributed by atoms with Gasteiger partial charge in [-0.2, -0.15) is 0 Å². The molecule has 3 nitrogen and oxygen atoms in total. The fourth-order valence-electron chi connectivity index (χ4n) is 2.82. The standard InChI is InChI=1S/C15H15NO2/c17-14(18)9-15(6-3-7-15)12-8-11-4-1-2-5-13(11)16-10-12/h1-2,4-5,8,10H,3,6-7,9H2,(H,17,18).